The van der Waals surface area contributed by atoms with Crippen LogP contribution in [0.15, 0.2) is 6.07 Å². The van der Waals surface area contributed by atoms with Gasteiger partial charge in [0.05, 0.1) is 0 Å². The van der Waals surface area contributed by atoms with E-state index in [0.717, 1.165) is 24.6 Å². The minimum atomic E-state index is 0.343. The summed E-state index contributed by atoms with van der Waals surface area (Å²) in [5, 5.41) is 0. The number of rotatable bonds is 5. The highest BCUT2D eigenvalue weighted by molar-refractivity contribution is 5.44. The Morgan fingerprint density at radius 1 is 1.35 bits per heavy atom. The molecule has 0 aliphatic heterocycles. The van der Waals surface area contributed by atoms with Crippen molar-refractivity contribution in [3.8, 4) is 0 Å². The second-order valence-corrected chi connectivity index (χ2v) is 4.62. The van der Waals surface area contributed by atoms with Crippen LogP contribution in [-0.2, 0) is 0 Å². The lowest BCUT2D eigenvalue weighted by Crippen LogP contribution is -2.40. The second kappa shape index (κ2) is 5.82. The summed E-state index contributed by atoms with van der Waals surface area (Å²) >= 11 is 0. The number of anilines is 2. The van der Waals surface area contributed by atoms with Crippen LogP contribution in [0.25, 0.3) is 0 Å². The number of nitrogen functional groups attached to an aromatic ring is 1. The molecule has 5 nitrogen and oxygen atoms in total. The van der Waals surface area contributed by atoms with Gasteiger partial charge >= 0.3 is 0 Å². The van der Waals surface area contributed by atoms with Crippen LogP contribution in [0.1, 0.15) is 19.5 Å². The van der Waals surface area contributed by atoms with Gasteiger partial charge in [-0.15, -0.1) is 0 Å². The van der Waals surface area contributed by atoms with Gasteiger partial charge in [0.25, 0.3) is 0 Å². The van der Waals surface area contributed by atoms with Crippen LogP contribution in [0, 0.1) is 6.92 Å². The normalized spacial score (nSPS) is 12.8. The summed E-state index contributed by atoms with van der Waals surface area (Å²) in [6.45, 7) is 8.14. The van der Waals surface area contributed by atoms with Crippen LogP contribution >= 0.6 is 0 Å². The molecule has 96 valence electrons. The lowest BCUT2D eigenvalue weighted by atomic mass is 10.2. The summed E-state index contributed by atoms with van der Waals surface area (Å²) in [7, 11) is 4.15. The molecule has 1 rings (SSSR count). The Labute approximate surface area is 104 Å². The molecular formula is C12H23N5. The molecule has 5 heteroatoms. The highest BCUT2D eigenvalue weighted by Gasteiger charge is 2.15. The monoisotopic (exact) mass is 237 g/mol. The standard InChI is InChI=1S/C12H23N5/c1-6-17(10(3)8-16(4)5)11-7-9(2)14-12(13)15-11/h7,10H,6,8H2,1-5H3,(H2,13,14,15). The van der Waals surface area contributed by atoms with Crippen molar-refractivity contribution in [3.05, 3.63) is 11.8 Å². The van der Waals surface area contributed by atoms with Crippen LogP contribution < -0.4 is 10.6 Å². The van der Waals surface area contributed by atoms with Crippen molar-refractivity contribution in [2.24, 2.45) is 0 Å². The molecule has 2 N–H and O–H groups in total. The first-order chi connectivity index (χ1) is 7.93. The SMILES string of the molecule is CCN(c1cc(C)nc(N)n1)C(C)CN(C)C. The predicted molar refractivity (Wildman–Crippen MR) is 72.2 cm³/mol. The Balaban J connectivity index is 2.92. The molecule has 17 heavy (non-hydrogen) atoms. The summed E-state index contributed by atoms with van der Waals surface area (Å²) in [6.07, 6.45) is 0. The van der Waals surface area contributed by atoms with Crippen molar-refractivity contribution in [2.45, 2.75) is 26.8 Å². The van der Waals surface area contributed by atoms with Crippen molar-refractivity contribution in [2.75, 3.05) is 37.8 Å². The highest BCUT2D eigenvalue weighted by Crippen LogP contribution is 2.16. The average molecular weight is 237 g/mol. The molecule has 0 fully saturated rings. The number of nitrogens with zero attached hydrogens (tertiary/aromatic N) is 4. The Bertz CT molecular complexity index is 344. The topological polar surface area (TPSA) is 58.3 Å². The zero-order valence-corrected chi connectivity index (χ0v) is 11.4. The van der Waals surface area contributed by atoms with Gasteiger partial charge in [0, 0.05) is 30.9 Å². The molecule has 0 aliphatic carbocycles. The van der Waals surface area contributed by atoms with Gasteiger partial charge in [-0.25, -0.2) is 4.98 Å². The first kappa shape index (κ1) is 13.7. The van der Waals surface area contributed by atoms with Crippen LogP contribution in [0.4, 0.5) is 11.8 Å². The molecule has 0 bridgehead atoms. The Hall–Kier alpha value is -1.36. The number of hydrogen-bond donors (Lipinski definition) is 1. The van der Waals surface area contributed by atoms with Gasteiger partial charge in [0.15, 0.2) is 0 Å². The van der Waals surface area contributed by atoms with Gasteiger partial charge in [0.1, 0.15) is 5.82 Å². The average Bonchev–Trinajstić information content (AvgIpc) is 2.15. The largest absolute Gasteiger partial charge is 0.368 e. The minimum Gasteiger partial charge on any atom is -0.368 e. The maximum Gasteiger partial charge on any atom is 0.222 e. The number of nitrogens with two attached hydrogens (primary N) is 1. The highest BCUT2D eigenvalue weighted by atomic mass is 15.3. The summed E-state index contributed by atoms with van der Waals surface area (Å²) in [5.41, 5.74) is 6.60. The van der Waals surface area contributed by atoms with Crippen molar-refractivity contribution < 1.29 is 0 Å². The second-order valence-electron chi connectivity index (χ2n) is 4.62. The van der Waals surface area contributed by atoms with E-state index in [-0.39, 0.29) is 0 Å². The third-order valence-corrected chi connectivity index (χ3v) is 2.65. The van der Waals surface area contributed by atoms with Crippen LogP contribution in [-0.4, -0.2) is 48.1 Å². The molecule has 1 atom stereocenters. The van der Waals surface area contributed by atoms with E-state index in [2.05, 4.69) is 47.7 Å². The van der Waals surface area contributed by atoms with Crippen molar-refractivity contribution in [1.82, 2.24) is 14.9 Å². The van der Waals surface area contributed by atoms with E-state index in [0.29, 0.717) is 12.0 Å². The first-order valence-corrected chi connectivity index (χ1v) is 5.96. The third kappa shape index (κ3) is 3.85. The maximum absolute atomic E-state index is 5.69. The minimum absolute atomic E-state index is 0.343. The van der Waals surface area contributed by atoms with E-state index in [4.69, 9.17) is 5.73 Å². The zero-order valence-electron chi connectivity index (χ0n) is 11.4. The Morgan fingerprint density at radius 3 is 2.47 bits per heavy atom. The number of aromatic nitrogens is 2. The van der Waals surface area contributed by atoms with Crippen LogP contribution in [0.5, 0.6) is 0 Å². The summed E-state index contributed by atoms with van der Waals surface area (Å²) in [6, 6.07) is 2.37. The lowest BCUT2D eigenvalue weighted by molar-refractivity contribution is 0.372. The fraction of sp³-hybridized carbons (Fsp3) is 0.667. The zero-order chi connectivity index (χ0) is 13.0. The summed E-state index contributed by atoms with van der Waals surface area (Å²) in [5.74, 6) is 1.25. The molecule has 0 aromatic carbocycles. The molecule has 0 amide bonds. The maximum atomic E-state index is 5.69. The van der Waals surface area contributed by atoms with E-state index < -0.39 is 0 Å². The van der Waals surface area contributed by atoms with Gasteiger partial charge in [-0.05, 0) is 34.9 Å². The van der Waals surface area contributed by atoms with Crippen LogP contribution in [0.2, 0.25) is 0 Å². The summed E-state index contributed by atoms with van der Waals surface area (Å²) < 4.78 is 0. The molecular weight excluding hydrogens is 214 g/mol. The molecule has 1 unspecified atom stereocenters. The van der Waals surface area contributed by atoms with Gasteiger partial charge in [0.2, 0.25) is 5.95 Å². The Morgan fingerprint density at radius 2 is 2.00 bits per heavy atom. The van der Waals surface area contributed by atoms with Gasteiger partial charge < -0.3 is 15.5 Å². The van der Waals surface area contributed by atoms with E-state index in [9.17, 15) is 0 Å². The molecule has 1 heterocycles. The smallest absolute Gasteiger partial charge is 0.222 e. The quantitative estimate of drug-likeness (QED) is 0.832. The fourth-order valence-corrected chi connectivity index (χ4v) is 2.05. The molecule has 1 aromatic rings. The van der Waals surface area contributed by atoms with Crippen molar-refractivity contribution >= 4 is 11.8 Å². The van der Waals surface area contributed by atoms with E-state index >= 15 is 0 Å². The van der Waals surface area contributed by atoms with Gasteiger partial charge in [-0.3, -0.25) is 0 Å². The van der Waals surface area contributed by atoms with E-state index in [1.54, 1.807) is 0 Å². The molecule has 0 saturated heterocycles. The first-order valence-electron chi connectivity index (χ1n) is 5.96. The lowest BCUT2D eigenvalue weighted by Gasteiger charge is -2.31. The fourth-order valence-electron chi connectivity index (χ4n) is 2.05. The van der Waals surface area contributed by atoms with E-state index in [1.807, 2.05) is 13.0 Å². The number of aryl methyl sites for hydroxylation is 1. The Kier molecular flexibility index (Phi) is 4.69. The molecule has 0 spiro atoms. The van der Waals surface area contributed by atoms with E-state index in [1.165, 1.54) is 0 Å². The van der Waals surface area contributed by atoms with Crippen molar-refractivity contribution in [3.63, 3.8) is 0 Å². The molecule has 0 aliphatic rings. The molecule has 0 saturated carbocycles. The van der Waals surface area contributed by atoms with Gasteiger partial charge in [-0.2, -0.15) is 4.98 Å². The van der Waals surface area contributed by atoms with Crippen LogP contribution in [0.3, 0.4) is 0 Å². The number of hydrogen-bond acceptors (Lipinski definition) is 5. The van der Waals surface area contributed by atoms with Gasteiger partial charge in [-0.1, -0.05) is 0 Å². The van der Waals surface area contributed by atoms with Crippen molar-refractivity contribution in [1.29, 1.82) is 0 Å². The third-order valence-electron chi connectivity index (χ3n) is 2.65. The predicted octanol–water partition coefficient (Wildman–Crippen LogP) is 1.14. The molecule has 1 aromatic heterocycles. The molecule has 0 radical (unpaired) electrons. The number of likely N-dealkylation sites (N-methyl/N-ethyl adjacent to an activating group) is 2. The summed E-state index contributed by atoms with van der Waals surface area (Å²) in [4.78, 5) is 12.8.